The summed E-state index contributed by atoms with van der Waals surface area (Å²) < 4.78 is 23.9. The Morgan fingerprint density at radius 3 is 2.96 bits per heavy atom. The van der Waals surface area contributed by atoms with Crippen molar-refractivity contribution in [3.8, 4) is 11.5 Å². The molecule has 1 N–H and O–H groups in total. The minimum atomic E-state index is -0.434. The number of fused-ring (bicyclic) bond motifs is 1. The van der Waals surface area contributed by atoms with Crippen molar-refractivity contribution in [2.24, 2.45) is 0 Å². The lowest BCUT2D eigenvalue weighted by Crippen LogP contribution is -2.25. The second-order valence-electron chi connectivity index (χ2n) is 5.53. The Kier molecular flexibility index (Phi) is 4.83. The minimum absolute atomic E-state index is 0.0586. The largest absolute Gasteiger partial charge is 0.491 e. The number of anilines is 2. The van der Waals surface area contributed by atoms with Crippen molar-refractivity contribution in [2.45, 2.75) is 6.42 Å². The third-order valence-corrected chi connectivity index (χ3v) is 3.72. The number of nitrogens with zero attached hydrogens (tertiary/aromatic N) is 1. The first-order valence-electron chi connectivity index (χ1n) is 7.74. The molecule has 7 heteroatoms. The normalized spacial score (nSPS) is 13.5. The van der Waals surface area contributed by atoms with Gasteiger partial charge < -0.3 is 19.7 Å². The molecule has 0 bridgehead atoms. The summed E-state index contributed by atoms with van der Waals surface area (Å²) in [5.74, 6) is -0.0288. The van der Waals surface area contributed by atoms with Gasteiger partial charge in [-0.1, -0.05) is 6.07 Å². The highest BCUT2D eigenvalue weighted by molar-refractivity contribution is 5.97. The van der Waals surface area contributed by atoms with E-state index in [1.54, 1.807) is 31.3 Å². The van der Waals surface area contributed by atoms with Gasteiger partial charge in [0.2, 0.25) is 5.91 Å². The van der Waals surface area contributed by atoms with Crippen molar-refractivity contribution in [1.82, 2.24) is 0 Å². The standard InChI is InChI=1S/C18H17FN2O4/c1-21-15-10-13(5-6-16(15)24-8-7-18(21)23)20-17(22)11-25-14-4-2-3-12(19)9-14/h2-6,9-10H,7-8,11H2,1H3,(H,20,22). The fraction of sp³-hybridized carbons (Fsp3) is 0.222. The maximum Gasteiger partial charge on any atom is 0.262 e. The van der Waals surface area contributed by atoms with Crippen molar-refractivity contribution in [2.75, 3.05) is 30.5 Å². The van der Waals surface area contributed by atoms with E-state index in [1.165, 1.54) is 23.1 Å². The Balaban J connectivity index is 1.65. The second-order valence-corrected chi connectivity index (χ2v) is 5.53. The first-order chi connectivity index (χ1) is 12.0. The number of halogens is 1. The molecule has 2 amide bonds. The summed E-state index contributed by atoms with van der Waals surface area (Å²) in [6.07, 6.45) is 0.300. The molecule has 0 radical (unpaired) electrons. The molecule has 2 aromatic rings. The molecule has 0 aromatic heterocycles. The van der Waals surface area contributed by atoms with Gasteiger partial charge in [0.25, 0.3) is 5.91 Å². The number of amides is 2. The number of hydrogen-bond donors (Lipinski definition) is 1. The van der Waals surface area contributed by atoms with Crippen LogP contribution in [0, 0.1) is 5.82 Å². The highest BCUT2D eigenvalue weighted by Gasteiger charge is 2.20. The lowest BCUT2D eigenvalue weighted by molar-refractivity contribution is -0.119. The summed E-state index contributed by atoms with van der Waals surface area (Å²) in [6, 6.07) is 10.6. The Labute approximate surface area is 144 Å². The first kappa shape index (κ1) is 16.8. The van der Waals surface area contributed by atoms with Gasteiger partial charge in [-0.25, -0.2) is 4.39 Å². The molecule has 1 aliphatic rings. The van der Waals surface area contributed by atoms with Crippen LogP contribution in [0.5, 0.6) is 11.5 Å². The van der Waals surface area contributed by atoms with E-state index in [9.17, 15) is 14.0 Å². The molecule has 0 saturated heterocycles. The monoisotopic (exact) mass is 344 g/mol. The van der Waals surface area contributed by atoms with Gasteiger partial charge >= 0.3 is 0 Å². The van der Waals surface area contributed by atoms with E-state index in [2.05, 4.69) is 5.32 Å². The number of rotatable bonds is 4. The zero-order chi connectivity index (χ0) is 17.8. The van der Waals surface area contributed by atoms with E-state index in [1.807, 2.05) is 0 Å². The molecule has 0 fully saturated rings. The number of nitrogens with one attached hydrogen (secondary N) is 1. The molecule has 3 rings (SSSR count). The van der Waals surface area contributed by atoms with Crippen LogP contribution >= 0.6 is 0 Å². The summed E-state index contributed by atoms with van der Waals surface area (Å²) in [5, 5.41) is 2.68. The van der Waals surface area contributed by atoms with E-state index in [-0.39, 0.29) is 18.3 Å². The molecule has 25 heavy (non-hydrogen) atoms. The molecule has 130 valence electrons. The van der Waals surface area contributed by atoms with Crippen molar-refractivity contribution in [1.29, 1.82) is 0 Å². The maximum atomic E-state index is 13.1. The summed E-state index contributed by atoms with van der Waals surface area (Å²) in [7, 11) is 1.66. The molecule has 0 aliphatic carbocycles. The fourth-order valence-corrected chi connectivity index (χ4v) is 2.43. The Morgan fingerprint density at radius 1 is 1.32 bits per heavy atom. The van der Waals surface area contributed by atoms with Crippen LogP contribution in [0.4, 0.5) is 15.8 Å². The van der Waals surface area contributed by atoms with Gasteiger partial charge in [0.05, 0.1) is 18.7 Å². The minimum Gasteiger partial charge on any atom is -0.491 e. The molecule has 0 atom stereocenters. The maximum absolute atomic E-state index is 13.1. The average Bonchev–Trinajstić information content (AvgIpc) is 2.73. The molecular formula is C18H17FN2O4. The molecule has 0 spiro atoms. The van der Waals surface area contributed by atoms with Crippen LogP contribution in [-0.4, -0.2) is 32.1 Å². The van der Waals surface area contributed by atoms with Crippen LogP contribution in [0.3, 0.4) is 0 Å². The van der Waals surface area contributed by atoms with Crippen LogP contribution < -0.4 is 19.7 Å². The average molecular weight is 344 g/mol. The van der Waals surface area contributed by atoms with E-state index < -0.39 is 11.7 Å². The van der Waals surface area contributed by atoms with Crippen LogP contribution in [0.1, 0.15) is 6.42 Å². The quantitative estimate of drug-likeness (QED) is 0.926. The van der Waals surface area contributed by atoms with Crippen molar-refractivity contribution >= 4 is 23.2 Å². The molecule has 1 aliphatic heterocycles. The van der Waals surface area contributed by atoms with Crippen LogP contribution in [0.15, 0.2) is 42.5 Å². The molecule has 6 nitrogen and oxygen atoms in total. The number of carbonyl (C=O) groups excluding carboxylic acids is 2. The number of hydrogen-bond acceptors (Lipinski definition) is 4. The van der Waals surface area contributed by atoms with Crippen LogP contribution in [0.2, 0.25) is 0 Å². The van der Waals surface area contributed by atoms with Gasteiger partial charge in [-0.15, -0.1) is 0 Å². The van der Waals surface area contributed by atoms with Crippen molar-refractivity contribution < 1.29 is 23.5 Å². The van der Waals surface area contributed by atoms with Gasteiger partial charge in [0.1, 0.15) is 17.3 Å². The van der Waals surface area contributed by atoms with Gasteiger partial charge in [-0.05, 0) is 30.3 Å². The summed E-state index contributed by atoms with van der Waals surface area (Å²) in [4.78, 5) is 25.4. The molecule has 2 aromatic carbocycles. The smallest absolute Gasteiger partial charge is 0.262 e. The first-order valence-corrected chi connectivity index (χ1v) is 7.74. The molecule has 1 heterocycles. The van der Waals surface area contributed by atoms with Gasteiger partial charge in [0.15, 0.2) is 6.61 Å². The van der Waals surface area contributed by atoms with E-state index in [0.717, 1.165) is 0 Å². The Hall–Kier alpha value is -3.09. The highest BCUT2D eigenvalue weighted by atomic mass is 19.1. The van der Waals surface area contributed by atoms with E-state index in [4.69, 9.17) is 9.47 Å². The lowest BCUT2D eigenvalue weighted by Gasteiger charge is -2.17. The Bertz CT molecular complexity index is 809. The topological polar surface area (TPSA) is 67.9 Å². The van der Waals surface area contributed by atoms with Gasteiger partial charge in [-0.3, -0.25) is 9.59 Å². The van der Waals surface area contributed by atoms with Crippen LogP contribution in [-0.2, 0) is 9.59 Å². The van der Waals surface area contributed by atoms with E-state index >= 15 is 0 Å². The summed E-state index contributed by atoms with van der Waals surface area (Å²) in [6.45, 7) is 0.0646. The van der Waals surface area contributed by atoms with Gasteiger partial charge in [0, 0.05) is 18.8 Å². The van der Waals surface area contributed by atoms with Crippen molar-refractivity contribution in [3.05, 3.63) is 48.3 Å². The number of carbonyl (C=O) groups is 2. The van der Waals surface area contributed by atoms with Crippen molar-refractivity contribution in [3.63, 3.8) is 0 Å². The summed E-state index contributed by atoms with van der Waals surface area (Å²) in [5.41, 5.74) is 1.10. The third kappa shape index (κ3) is 4.06. The fourth-order valence-electron chi connectivity index (χ4n) is 2.43. The molecule has 0 unspecified atom stereocenters. The highest BCUT2D eigenvalue weighted by Crippen LogP contribution is 2.33. The SMILES string of the molecule is CN1C(=O)CCOc2ccc(NC(=O)COc3cccc(F)c3)cc21. The zero-order valence-corrected chi connectivity index (χ0v) is 13.6. The van der Waals surface area contributed by atoms with E-state index in [0.29, 0.717) is 30.2 Å². The second kappa shape index (κ2) is 7.21. The van der Waals surface area contributed by atoms with Gasteiger partial charge in [-0.2, -0.15) is 0 Å². The third-order valence-electron chi connectivity index (χ3n) is 3.72. The predicted molar refractivity (Wildman–Crippen MR) is 90.5 cm³/mol. The zero-order valence-electron chi connectivity index (χ0n) is 13.6. The number of ether oxygens (including phenoxy) is 2. The number of benzene rings is 2. The molecule has 0 saturated carbocycles. The van der Waals surface area contributed by atoms with Crippen LogP contribution in [0.25, 0.3) is 0 Å². The molecular weight excluding hydrogens is 327 g/mol. The Morgan fingerprint density at radius 2 is 2.16 bits per heavy atom. The predicted octanol–water partition coefficient (Wildman–Crippen LogP) is 2.59. The summed E-state index contributed by atoms with van der Waals surface area (Å²) >= 11 is 0. The lowest BCUT2D eigenvalue weighted by atomic mass is 10.2.